The van der Waals surface area contributed by atoms with Crippen LogP contribution in [0.5, 0.6) is 0 Å². The van der Waals surface area contributed by atoms with Gasteiger partial charge in [0.05, 0.1) is 5.69 Å². The van der Waals surface area contributed by atoms with Crippen LogP contribution in [0.15, 0.2) is 33.8 Å². The number of nitriles is 1. The van der Waals surface area contributed by atoms with Gasteiger partial charge in [-0.3, -0.25) is 5.32 Å². The number of benzene rings is 1. The number of aliphatic imine (C=N–C) groups is 1. The predicted molar refractivity (Wildman–Crippen MR) is 66.2 cm³/mol. The maximum absolute atomic E-state index is 8.32. The molecule has 0 aliphatic carbocycles. The van der Waals surface area contributed by atoms with E-state index in [2.05, 4.69) is 25.8 Å². The lowest BCUT2D eigenvalue weighted by molar-refractivity contribution is 0.434. The fraction of sp³-hybridized carbons (Fsp3) is 0.0909. The number of nitrogens with zero attached hydrogens (tertiary/aromatic N) is 4. The molecule has 0 aliphatic rings. The molecule has 1 aromatic carbocycles. The zero-order valence-corrected chi connectivity index (χ0v) is 9.58. The fourth-order valence-corrected chi connectivity index (χ4v) is 1.30. The molecule has 7 heteroatoms. The highest BCUT2D eigenvalue weighted by molar-refractivity contribution is 5.66. The van der Waals surface area contributed by atoms with Crippen LogP contribution in [0.25, 0.3) is 11.4 Å². The molecule has 18 heavy (non-hydrogen) atoms. The van der Waals surface area contributed by atoms with Gasteiger partial charge < -0.3 is 9.84 Å². The van der Waals surface area contributed by atoms with E-state index in [1.807, 2.05) is 12.1 Å². The van der Waals surface area contributed by atoms with Crippen LogP contribution in [0.3, 0.4) is 0 Å². The molecule has 2 aromatic rings. The number of hydrogen-bond acceptors (Lipinski definition) is 6. The molecule has 2 rings (SSSR count). The second-order valence-corrected chi connectivity index (χ2v) is 3.24. The highest BCUT2D eigenvalue weighted by atomic mass is 16.5. The zero-order valence-electron chi connectivity index (χ0n) is 9.58. The van der Waals surface area contributed by atoms with Crippen molar-refractivity contribution in [3.05, 3.63) is 24.3 Å². The number of anilines is 1. The van der Waals surface area contributed by atoms with Gasteiger partial charge in [-0.2, -0.15) is 10.2 Å². The Kier molecular flexibility index (Phi) is 3.51. The van der Waals surface area contributed by atoms with Crippen molar-refractivity contribution in [2.45, 2.75) is 0 Å². The molecular weight excluding hydrogens is 232 g/mol. The summed E-state index contributed by atoms with van der Waals surface area (Å²) in [6, 6.07) is 7.62. The van der Waals surface area contributed by atoms with E-state index in [0.717, 1.165) is 5.56 Å². The Balaban J connectivity index is 2.24. The van der Waals surface area contributed by atoms with Crippen molar-refractivity contribution in [2.24, 2.45) is 4.99 Å². The molecular formula is C11H10N6O. The lowest BCUT2D eigenvalue weighted by atomic mass is 10.2. The molecule has 1 heterocycles. The van der Waals surface area contributed by atoms with Gasteiger partial charge in [-0.25, -0.2) is 4.99 Å². The first kappa shape index (κ1) is 11.6. The summed E-state index contributed by atoms with van der Waals surface area (Å²) in [6.07, 6.45) is 3.06. The lowest BCUT2D eigenvalue weighted by Crippen LogP contribution is -1.98. The fourth-order valence-electron chi connectivity index (χ4n) is 1.30. The first-order valence-electron chi connectivity index (χ1n) is 5.12. The summed E-state index contributed by atoms with van der Waals surface area (Å²) in [5.41, 5.74) is 1.47. The van der Waals surface area contributed by atoms with Gasteiger partial charge in [0.2, 0.25) is 5.82 Å². The summed E-state index contributed by atoms with van der Waals surface area (Å²) in [4.78, 5) is 8.18. The van der Waals surface area contributed by atoms with Gasteiger partial charge in [-0.1, -0.05) is 17.3 Å². The molecule has 0 fully saturated rings. The molecule has 0 saturated heterocycles. The van der Waals surface area contributed by atoms with Crippen molar-refractivity contribution >= 4 is 18.0 Å². The SMILES string of the molecule is CNc1nc(-c2cccc(N=CNC#N)c2)no1. The van der Waals surface area contributed by atoms with Crippen LogP contribution in [-0.2, 0) is 0 Å². The number of aromatic nitrogens is 2. The number of rotatable bonds is 4. The summed E-state index contributed by atoms with van der Waals surface area (Å²) in [6.45, 7) is 0. The Labute approximate surface area is 103 Å². The molecule has 0 spiro atoms. The smallest absolute Gasteiger partial charge is 0.321 e. The van der Waals surface area contributed by atoms with Crippen LogP contribution in [0.4, 0.5) is 11.7 Å². The van der Waals surface area contributed by atoms with Crippen molar-refractivity contribution in [3.63, 3.8) is 0 Å². The second kappa shape index (κ2) is 5.45. The van der Waals surface area contributed by atoms with Crippen LogP contribution in [0.2, 0.25) is 0 Å². The van der Waals surface area contributed by atoms with E-state index in [4.69, 9.17) is 9.78 Å². The van der Waals surface area contributed by atoms with Crippen molar-refractivity contribution in [1.82, 2.24) is 15.5 Å². The average molecular weight is 242 g/mol. The van der Waals surface area contributed by atoms with E-state index >= 15 is 0 Å². The molecule has 1 aromatic heterocycles. The second-order valence-electron chi connectivity index (χ2n) is 3.24. The van der Waals surface area contributed by atoms with Gasteiger partial charge in [-0.15, -0.1) is 0 Å². The lowest BCUT2D eigenvalue weighted by Gasteiger charge is -1.96. The Morgan fingerprint density at radius 1 is 1.50 bits per heavy atom. The molecule has 0 atom stereocenters. The largest absolute Gasteiger partial charge is 0.341 e. The van der Waals surface area contributed by atoms with Gasteiger partial charge in [0.25, 0.3) is 0 Å². The van der Waals surface area contributed by atoms with Crippen molar-refractivity contribution < 1.29 is 4.52 Å². The van der Waals surface area contributed by atoms with E-state index in [1.54, 1.807) is 25.4 Å². The number of hydrogen-bond donors (Lipinski definition) is 2. The first-order chi connectivity index (χ1) is 8.83. The Bertz CT molecular complexity index is 598. The molecule has 0 aliphatic heterocycles. The molecule has 2 N–H and O–H groups in total. The van der Waals surface area contributed by atoms with Gasteiger partial charge in [0.15, 0.2) is 6.19 Å². The van der Waals surface area contributed by atoms with Crippen LogP contribution >= 0.6 is 0 Å². The van der Waals surface area contributed by atoms with Crippen molar-refractivity contribution in [1.29, 1.82) is 5.26 Å². The molecule has 0 unspecified atom stereocenters. The molecule has 7 nitrogen and oxygen atoms in total. The maximum atomic E-state index is 8.32. The quantitative estimate of drug-likeness (QED) is 0.365. The van der Waals surface area contributed by atoms with Gasteiger partial charge >= 0.3 is 6.01 Å². The molecule has 0 amide bonds. The van der Waals surface area contributed by atoms with Crippen molar-refractivity contribution in [2.75, 3.05) is 12.4 Å². The van der Waals surface area contributed by atoms with Gasteiger partial charge in [0.1, 0.15) is 6.34 Å². The average Bonchev–Trinajstić information content (AvgIpc) is 2.88. The molecule has 0 bridgehead atoms. The van der Waals surface area contributed by atoms with E-state index in [0.29, 0.717) is 17.5 Å². The zero-order chi connectivity index (χ0) is 12.8. The van der Waals surface area contributed by atoms with Gasteiger partial charge in [-0.05, 0) is 12.1 Å². The minimum Gasteiger partial charge on any atom is -0.341 e. The Morgan fingerprint density at radius 2 is 2.39 bits per heavy atom. The third-order valence-electron chi connectivity index (χ3n) is 2.09. The first-order valence-corrected chi connectivity index (χ1v) is 5.12. The van der Waals surface area contributed by atoms with Crippen molar-refractivity contribution in [3.8, 4) is 17.6 Å². The Morgan fingerprint density at radius 3 is 3.11 bits per heavy atom. The summed E-state index contributed by atoms with van der Waals surface area (Å²) in [5, 5.41) is 17.2. The van der Waals surface area contributed by atoms with E-state index in [1.165, 1.54) is 6.34 Å². The normalized spacial score (nSPS) is 10.2. The summed E-state index contributed by atoms with van der Waals surface area (Å²) >= 11 is 0. The molecule has 0 radical (unpaired) electrons. The monoisotopic (exact) mass is 242 g/mol. The summed E-state index contributed by atoms with van der Waals surface area (Å²) < 4.78 is 4.94. The number of nitrogens with one attached hydrogen (secondary N) is 2. The van der Waals surface area contributed by atoms with Crippen LogP contribution in [0, 0.1) is 11.5 Å². The van der Waals surface area contributed by atoms with E-state index in [9.17, 15) is 0 Å². The molecule has 0 saturated carbocycles. The highest BCUT2D eigenvalue weighted by Gasteiger charge is 2.07. The standard InChI is InChI=1S/C11H10N6O/c1-13-11-16-10(17-18-11)8-3-2-4-9(5-8)15-7-14-6-12/h2-5,7H,1H3,(H,14,15)(H,13,16,17). The third-order valence-corrected chi connectivity index (χ3v) is 2.09. The summed E-state index contributed by atoms with van der Waals surface area (Å²) in [5.74, 6) is 0.477. The highest BCUT2D eigenvalue weighted by Crippen LogP contribution is 2.22. The Hall–Kier alpha value is -2.88. The predicted octanol–water partition coefficient (Wildman–Crippen LogP) is 1.51. The summed E-state index contributed by atoms with van der Waals surface area (Å²) in [7, 11) is 1.70. The van der Waals surface area contributed by atoms with E-state index in [-0.39, 0.29) is 0 Å². The van der Waals surface area contributed by atoms with Gasteiger partial charge in [0, 0.05) is 12.6 Å². The molecule has 90 valence electrons. The topological polar surface area (TPSA) is 99.1 Å². The van der Waals surface area contributed by atoms with Crippen LogP contribution < -0.4 is 10.6 Å². The minimum atomic E-state index is 0.352. The van der Waals surface area contributed by atoms with E-state index < -0.39 is 0 Å². The van der Waals surface area contributed by atoms with Crippen LogP contribution in [-0.4, -0.2) is 23.5 Å². The minimum absolute atomic E-state index is 0.352. The van der Waals surface area contributed by atoms with Crippen LogP contribution in [0.1, 0.15) is 0 Å². The maximum Gasteiger partial charge on any atom is 0.321 e. The third kappa shape index (κ3) is 2.62.